The summed E-state index contributed by atoms with van der Waals surface area (Å²) in [6.45, 7) is 4.63. The Kier molecular flexibility index (Phi) is 2.77. The Bertz CT molecular complexity index is 451. The zero-order chi connectivity index (χ0) is 11.7. The summed E-state index contributed by atoms with van der Waals surface area (Å²) in [6.07, 6.45) is 1.94. The van der Waals surface area contributed by atoms with E-state index < -0.39 is 0 Å². The van der Waals surface area contributed by atoms with E-state index in [0.717, 1.165) is 24.1 Å². The van der Waals surface area contributed by atoms with Gasteiger partial charge in [-0.15, -0.1) is 0 Å². The second-order valence-corrected chi connectivity index (χ2v) is 4.16. The molecule has 0 spiro atoms. The van der Waals surface area contributed by atoms with Crippen molar-refractivity contribution in [3.63, 3.8) is 0 Å². The molecule has 0 bridgehead atoms. The largest absolute Gasteiger partial charge is 0.305 e. The fourth-order valence-corrected chi connectivity index (χ4v) is 1.95. The maximum absolute atomic E-state index is 11.8. The summed E-state index contributed by atoms with van der Waals surface area (Å²) >= 11 is 0. The van der Waals surface area contributed by atoms with Crippen molar-refractivity contribution in [2.24, 2.45) is 0 Å². The van der Waals surface area contributed by atoms with Gasteiger partial charge >= 0.3 is 0 Å². The van der Waals surface area contributed by atoms with Crippen LogP contribution in [-0.4, -0.2) is 18.2 Å². The van der Waals surface area contributed by atoms with Crippen molar-refractivity contribution in [2.45, 2.75) is 26.7 Å². The smallest absolute Gasteiger partial charge is 0.299 e. The zero-order valence-corrected chi connectivity index (χ0v) is 9.62. The quantitative estimate of drug-likeness (QED) is 0.729. The lowest BCUT2D eigenvalue weighted by atomic mass is 10.1. The number of aryl methyl sites for hydroxylation is 1. The molecule has 1 aromatic rings. The minimum atomic E-state index is -0.381. The third-order valence-corrected chi connectivity index (χ3v) is 2.86. The first-order valence-electron chi connectivity index (χ1n) is 5.62. The fraction of sp³-hybridized carbons (Fsp3) is 0.385. The molecule has 1 aromatic carbocycles. The predicted molar refractivity (Wildman–Crippen MR) is 62.8 cm³/mol. The summed E-state index contributed by atoms with van der Waals surface area (Å²) in [6, 6.07) is 5.59. The molecule has 1 aliphatic heterocycles. The second kappa shape index (κ2) is 4.08. The normalized spacial score (nSPS) is 14.5. The van der Waals surface area contributed by atoms with Crippen LogP contribution in [0.3, 0.4) is 0 Å². The average molecular weight is 217 g/mol. The topological polar surface area (TPSA) is 37.4 Å². The number of fused-ring (bicyclic) bond motifs is 1. The summed E-state index contributed by atoms with van der Waals surface area (Å²) < 4.78 is 0. The van der Waals surface area contributed by atoms with E-state index in [1.54, 1.807) is 11.0 Å². The van der Waals surface area contributed by atoms with Crippen molar-refractivity contribution in [1.82, 2.24) is 0 Å². The number of hydrogen-bond donors (Lipinski definition) is 0. The summed E-state index contributed by atoms with van der Waals surface area (Å²) in [5.74, 6) is -0.746. The number of benzene rings is 1. The van der Waals surface area contributed by atoms with E-state index in [-0.39, 0.29) is 11.7 Å². The maximum atomic E-state index is 11.8. The standard InChI is InChI=1S/C13H15NO2/c1-3-4-7-14-11-6-5-9(2)8-10(11)12(15)13(14)16/h5-6,8H,3-4,7H2,1-2H3. The Hall–Kier alpha value is -1.64. The third kappa shape index (κ3) is 1.62. The number of ketones is 1. The van der Waals surface area contributed by atoms with Crippen LogP contribution < -0.4 is 4.90 Å². The van der Waals surface area contributed by atoms with Gasteiger partial charge in [-0.1, -0.05) is 25.0 Å². The molecule has 0 fully saturated rings. The fourth-order valence-electron chi connectivity index (χ4n) is 1.95. The van der Waals surface area contributed by atoms with E-state index in [1.165, 1.54) is 0 Å². The predicted octanol–water partition coefficient (Wildman–Crippen LogP) is 2.32. The third-order valence-electron chi connectivity index (χ3n) is 2.86. The van der Waals surface area contributed by atoms with Gasteiger partial charge in [-0.05, 0) is 25.5 Å². The summed E-state index contributed by atoms with van der Waals surface area (Å²) in [5, 5.41) is 0. The van der Waals surface area contributed by atoms with E-state index in [1.807, 2.05) is 19.1 Å². The number of Topliss-reactive ketones (excluding diaryl/α,β-unsaturated/α-hetero) is 1. The summed E-state index contributed by atoms with van der Waals surface area (Å²) in [5.41, 5.74) is 2.34. The molecular formula is C13H15NO2. The summed E-state index contributed by atoms with van der Waals surface area (Å²) in [7, 11) is 0. The van der Waals surface area contributed by atoms with E-state index >= 15 is 0 Å². The number of amides is 1. The van der Waals surface area contributed by atoms with Crippen LogP contribution in [0.5, 0.6) is 0 Å². The van der Waals surface area contributed by atoms with Crippen LogP contribution in [0, 0.1) is 6.92 Å². The highest BCUT2D eigenvalue weighted by Gasteiger charge is 2.34. The van der Waals surface area contributed by atoms with Crippen molar-refractivity contribution in [2.75, 3.05) is 11.4 Å². The van der Waals surface area contributed by atoms with Gasteiger partial charge in [-0.2, -0.15) is 0 Å². The van der Waals surface area contributed by atoms with Crippen LogP contribution in [0.25, 0.3) is 0 Å². The second-order valence-electron chi connectivity index (χ2n) is 4.16. The molecular weight excluding hydrogens is 202 g/mol. The van der Waals surface area contributed by atoms with Crippen LogP contribution in [0.15, 0.2) is 18.2 Å². The Morgan fingerprint density at radius 1 is 1.25 bits per heavy atom. The van der Waals surface area contributed by atoms with Crippen molar-refractivity contribution in [1.29, 1.82) is 0 Å². The maximum Gasteiger partial charge on any atom is 0.299 e. The minimum Gasteiger partial charge on any atom is -0.305 e. The van der Waals surface area contributed by atoms with E-state index in [4.69, 9.17) is 0 Å². The highest BCUT2D eigenvalue weighted by molar-refractivity contribution is 6.52. The first kappa shape index (κ1) is 10.9. The molecule has 0 N–H and O–H groups in total. The van der Waals surface area contributed by atoms with Gasteiger partial charge in [0.1, 0.15) is 0 Å². The minimum absolute atomic E-state index is 0.366. The van der Waals surface area contributed by atoms with Crippen LogP contribution in [0.2, 0.25) is 0 Å². The molecule has 1 aliphatic rings. The Morgan fingerprint density at radius 3 is 2.69 bits per heavy atom. The van der Waals surface area contributed by atoms with Gasteiger partial charge in [0.05, 0.1) is 11.3 Å². The lowest BCUT2D eigenvalue weighted by molar-refractivity contribution is -0.114. The Morgan fingerprint density at radius 2 is 2.00 bits per heavy atom. The van der Waals surface area contributed by atoms with Gasteiger partial charge < -0.3 is 4.90 Å². The number of rotatable bonds is 3. The van der Waals surface area contributed by atoms with Crippen LogP contribution in [0.1, 0.15) is 35.7 Å². The zero-order valence-electron chi connectivity index (χ0n) is 9.62. The number of carbonyl (C=O) groups excluding carboxylic acids is 2. The van der Waals surface area contributed by atoms with Gasteiger partial charge in [-0.3, -0.25) is 9.59 Å². The van der Waals surface area contributed by atoms with Crippen molar-refractivity contribution < 1.29 is 9.59 Å². The molecule has 16 heavy (non-hydrogen) atoms. The van der Waals surface area contributed by atoms with Gasteiger partial charge in [-0.25, -0.2) is 0 Å². The van der Waals surface area contributed by atoms with E-state index in [0.29, 0.717) is 12.1 Å². The molecule has 0 aromatic heterocycles. The SMILES string of the molecule is CCCCN1C(=O)C(=O)c2cc(C)ccc21. The molecule has 1 amide bonds. The summed E-state index contributed by atoms with van der Waals surface area (Å²) in [4.78, 5) is 25.1. The van der Waals surface area contributed by atoms with Crippen LogP contribution in [0.4, 0.5) is 5.69 Å². The molecule has 0 saturated heterocycles. The molecule has 84 valence electrons. The van der Waals surface area contributed by atoms with Gasteiger partial charge in [0, 0.05) is 6.54 Å². The van der Waals surface area contributed by atoms with Crippen LogP contribution in [-0.2, 0) is 4.79 Å². The van der Waals surface area contributed by atoms with Gasteiger partial charge in [0.2, 0.25) is 0 Å². The number of anilines is 1. The van der Waals surface area contributed by atoms with Crippen molar-refractivity contribution in [3.05, 3.63) is 29.3 Å². The lowest BCUT2D eigenvalue weighted by Crippen LogP contribution is -2.30. The number of hydrogen-bond acceptors (Lipinski definition) is 2. The van der Waals surface area contributed by atoms with Crippen LogP contribution >= 0.6 is 0 Å². The van der Waals surface area contributed by atoms with Gasteiger partial charge in [0.25, 0.3) is 11.7 Å². The molecule has 0 unspecified atom stereocenters. The first-order valence-corrected chi connectivity index (χ1v) is 5.62. The number of carbonyl (C=O) groups is 2. The molecule has 3 nitrogen and oxygen atoms in total. The lowest BCUT2D eigenvalue weighted by Gasteiger charge is -2.15. The molecule has 0 saturated carbocycles. The number of nitrogens with zero attached hydrogens (tertiary/aromatic N) is 1. The highest BCUT2D eigenvalue weighted by atomic mass is 16.2. The van der Waals surface area contributed by atoms with E-state index in [2.05, 4.69) is 6.92 Å². The molecule has 0 atom stereocenters. The van der Waals surface area contributed by atoms with E-state index in [9.17, 15) is 9.59 Å². The Labute approximate surface area is 95.1 Å². The average Bonchev–Trinajstić information content (AvgIpc) is 2.50. The Balaban J connectivity index is 2.38. The van der Waals surface area contributed by atoms with Crippen molar-refractivity contribution in [3.8, 4) is 0 Å². The molecule has 1 heterocycles. The van der Waals surface area contributed by atoms with Crippen molar-refractivity contribution >= 4 is 17.4 Å². The molecule has 3 heteroatoms. The molecule has 0 radical (unpaired) electrons. The van der Waals surface area contributed by atoms with Gasteiger partial charge in [0.15, 0.2) is 0 Å². The highest BCUT2D eigenvalue weighted by Crippen LogP contribution is 2.29. The monoisotopic (exact) mass is 217 g/mol. The number of unbranched alkanes of at least 4 members (excludes halogenated alkanes) is 1. The molecule has 0 aliphatic carbocycles. The first-order chi connectivity index (χ1) is 7.65. The molecule has 2 rings (SSSR count).